The summed E-state index contributed by atoms with van der Waals surface area (Å²) in [6, 6.07) is 4.95. The van der Waals surface area contributed by atoms with Gasteiger partial charge in [0.2, 0.25) is 0 Å². The number of ether oxygens (including phenoxy) is 1. The van der Waals surface area contributed by atoms with Crippen LogP contribution in [-0.4, -0.2) is 34.5 Å². The molecule has 2 N–H and O–H groups in total. The Labute approximate surface area is 149 Å². The van der Waals surface area contributed by atoms with Crippen molar-refractivity contribution in [1.82, 2.24) is 9.88 Å². The highest BCUT2D eigenvalue weighted by atomic mass is 35.5. The number of halogens is 4. The largest absolute Gasteiger partial charge is 0.468 e. The van der Waals surface area contributed by atoms with Gasteiger partial charge < -0.3 is 14.9 Å². The summed E-state index contributed by atoms with van der Waals surface area (Å²) in [7, 11) is 0. The summed E-state index contributed by atoms with van der Waals surface area (Å²) in [5, 5.41) is 0.391. The van der Waals surface area contributed by atoms with E-state index in [1.54, 1.807) is 0 Å². The number of hydrogen-bond donors (Lipinski definition) is 1. The van der Waals surface area contributed by atoms with E-state index in [4.69, 9.17) is 22.1 Å². The number of oxazole rings is 1. The Morgan fingerprint density at radius 1 is 1.35 bits per heavy atom. The first-order chi connectivity index (χ1) is 12.2. The van der Waals surface area contributed by atoms with E-state index in [-0.39, 0.29) is 12.2 Å². The first kappa shape index (κ1) is 18.1. The van der Waals surface area contributed by atoms with Crippen LogP contribution in [0.15, 0.2) is 34.9 Å². The summed E-state index contributed by atoms with van der Waals surface area (Å²) in [5.74, 6) is -2.32. The average Bonchev–Trinajstić information content (AvgIpc) is 3.17. The van der Waals surface area contributed by atoms with E-state index in [0.29, 0.717) is 10.6 Å². The van der Waals surface area contributed by atoms with Crippen LogP contribution in [0, 0.1) is 0 Å². The minimum Gasteiger partial charge on any atom is -0.441 e. The Hall–Kier alpha value is -2.75. The number of rotatable bonds is 4. The van der Waals surface area contributed by atoms with E-state index in [0.717, 1.165) is 11.2 Å². The maximum Gasteiger partial charge on any atom is 0.468 e. The highest BCUT2D eigenvalue weighted by Gasteiger charge is 2.43. The molecule has 1 saturated heterocycles. The van der Waals surface area contributed by atoms with Gasteiger partial charge in [0, 0.05) is 5.02 Å². The molecule has 1 aromatic heterocycles. The fourth-order valence-corrected chi connectivity index (χ4v) is 2.66. The van der Waals surface area contributed by atoms with Crippen LogP contribution in [0.1, 0.15) is 23.2 Å². The number of hydrogen-bond acceptors (Lipinski definition) is 5. The predicted octanol–water partition coefficient (Wildman–Crippen LogP) is 2.74. The number of benzene rings is 1. The minimum atomic E-state index is -4.79. The van der Waals surface area contributed by atoms with Crippen molar-refractivity contribution in [3.05, 3.63) is 52.7 Å². The van der Waals surface area contributed by atoms with Gasteiger partial charge in [0.05, 0.1) is 6.54 Å². The third-order valence-electron chi connectivity index (χ3n) is 3.70. The Bertz CT molecular complexity index is 837. The van der Waals surface area contributed by atoms with Crippen LogP contribution < -0.4 is 5.73 Å². The smallest absolute Gasteiger partial charge is 0.441 e. The molecule has 1 aromatic carbocycles. The Balaban J connectivity index is 2.03. The highest BCUT2D eigenvalue weighted by Crippen LogP contribution is 2.35. The summed E-state index contributed by atoms with van der Waals surface area (Å²) in [5.41, 5.74) is 5.36. The van der Waals surface area contributed by atoms with Crippen molar-refractivity contribution in [3.63, 3.8) is 0 Å². The second kappa shape index (κ2) is 6.52. The zero-order valence-corrected chi connectivity index (χ0v) is 13.6. The van der Waals surface area contributed by atoms with Crippen LogP contribution in [0.2, 0.25) is 5.02 Å². The number of aromatic nitrogens is 1. The average molecular weight is 390 g/mol. The van der Waals surface area contributed by atoms with Gasteiger partial charge in [0.15, 0.2) is 6.10 Å². The van der Waals surface area contributed by atoms with Gasteiger partial charge in [0.25, 0.3) is 5.91 Å². The quantitative estimate of drug-likeness (QED) is 0.866. The van der Waals surface area contributed by atoms with Crippen LogP contribution >= 0.6 is 11.6 Å². The SMILES string of the molecule is NC(=O)C1CN([C@H](c2ccc(Cl)cc2)c2coc(C(F)(F)F)n2)C(=O)O1. The van der Waals surface area contributed by atoms with Gasteiger partial charge >= 0.3 is 18.2 Å². The molecular weight excluding hydrogens is 379 g/mol. The zero-order chi connectivity index (χ0) is 19.1. The van der Waals surface area contributed by atoms with Gasteiger partial charge in [-0.3, -0.25) is 9.69 Å². The molecule has 26 heavy (non-hydrogen) atoms. The van der Waals surface area contributed by atoms with Crippen molar-refractivity contribution in [3.8, 4) is 0 Å². The van der Waals surface area contributed by atoms with E-state index >= 15 is 0 Å². The number of primary amides is 1. The number of carbonyl (C=O) groups is 2. The topological polar surface area (TPSA) is 98.7 Å². The highest BCUT2D eigenvalue weighted by molar-refractivity contribution is 6.30. The lowest BCUT2D eigenvalue weighted by Crippen LogP contribution is -2.35. The number of nitrogens with zero attached hydrogens (tertiary/aromatic N) is 2. The number of nitrogens with two attached hydrogens (primary N) is 1. The lowest BCUT2D eigenvalue weighted by molar-refractivity contribution is -0.157. The second-order valence-corrected chi connectivity index (χ2v) is 5.89. The molecule has 0 radical (unpaired) electrons. The predicted molar refractivity (Wildman–Crippen MR) is 81.0 cm³/mol. The molecule has 0 spiro atoms. The van der Waals surface area contributed by atoms with E-state index in [2.05, 4.69) is 9.40 Å². The van der Waals surface area contributed by atoms with Crippen molar-refractivity contribution in [1.29, 1.82) is 0 Å². The number of amides is 2. The fraction of sp³-hybridized carbons (Fsp3) is 0.267. The molecule has 2 heterocycles. The van der Waals surface area contributed by atoms with Gasteiger partial charge in [-0.05, 0) is 17.7 Å². The van der Waals surface area contributed by atoms with Crippen molar-refractivity contribution in [2.45, 2.75) is 18.3 Å². The third-order valence-corrected chi connectivity index (χ3v) is 3.95. The standard InChI is InChI=1S/C15H11ClF3N3O4/c16-8-3-1-7(2-4-8)11(9-6-25-13(21-9)15(17,18)19)22-5-10(12(20)23)26-14(22)24/h1-4,6,10-11H,5H2,(H2,20,23)/t10?,11-/m1/s1. The normalized spacial score (nSPS) is 18.7. The maximum absolute atomic E-state index is 12.8. The van der Waals surface area contributed by atoms with Crippen LogP contribution in [0.25, 0.3) is 0 Å². The van der Waals surface area contributed by atoms with Gasteiger partial charge in [0.1, 0.15) is 18.0 Å². The first-order valence-electron chi connectivity index (χ1n) is 7.21. The maximum atomic E-state index is 12.8. The molecule has 1 aliphatic heterocycles. The summed E-state index contributed by atoms with van der Waals surface area (Å²) in [6.07, 6.45) is -6.12. The molecule has 1 unspecified atom stereocenters. The molecule has 0 saturated carbocycles. The molecule has 1 fully saturated rings. The third kappa shape index (κ3) is 3.45. The minimum absolute atomic E-state index is 0.179. The number of alkyl halides is 3. The molecule has 3 rings (SSSR count). The molecule has 0 aliphatic carbocycles. The summed E-state index contributed by atoms with van der Waals surface area (Å²) in [6.45, 7) is -0.240. The number of carbonyl (C=O) groups excluding carboxylic acids is 2. The summed E-state index contributed by atoms with van der Waals surface area (Å²) in [4.78, 5) is 27.9. The number of cyclic esters (lactones) is 1. The van der Waals surface area contributed by atoms with Gasteiger partial charge in [-0.1, -0.05) is 23.7 Å². The summed E-state index contributed by atoms with van der Waals surface area (Å²) >= 11 is 5.83. The molecule has 2 amide bonds. The van der Waals surface area contributed by atoms with Crippen LogP contribution in [-0.2, 0) is 15.7 Å². The van der Waals surface area contributed by atoms with Gasteiger partial charge in [-0.2, -0.15) is 13.2 Å². The zero-order valence-electron chi connectivity index (χ0n) is 12.9. The van der Waals surface area contributed by atoms with Crippen molar-refractivity contribution >= 4 is 23.6 Å². The van der Waals surface area contributed by atoms with E-state index in [1.165, 1.54) is 24.3 Å². The lowest BCUT2D eigenvalue weighted by atomic mass is 10.0. The van der Waals surface area contributed by atoms with E-state index < -0.39 is 36.2 Å². The van der Waals surface area contributed by atoms with E-state index in [9.17, 15) is 22.8 Å². The van der Waals surface area contributed by atoms with Gasteiger partial charge in [-0.15, -0.1) is 0 Å². The Morgan fingerprint density at radius 2 is 2.00 bits per heavy atom. The van der Waals surface area contributed by atoms with E-state index in [1.807, 2.05) is 0 Å². The van der Waals surface area contributed by atoms with Gasteiger partial charge in [-0.25, -0.2) is 9.78 Å². The molecule has 0 bridgehead atoms. The molecule has 1 aliphatic rings. The molecule has 2 atom stereocenters. The summed E-state index contributed by atoms with van der Waals surface area (Å²) < 4.78 is 47.8. The monoisotopic (exact) mass is 389 g/mol. The van der Waals surface area contributed by atoms with Crippen molar-refractivity contribution in [2.75, 3.05) is 6.54 Å². The van der Waals surface area contributed by atoms with Crippen molar-refractivity contribution < 1.29 is 31.9 Å². The second-order valence-electron chi connectivity index (χ2n) is 5.46. The van der Waals surface area contributed by atoms with Crippen molar-refractivity contribution in [2.24, 2.45) is 5.73 Å². The van der Waals surface area contributed by atoms with Crippen LogP contribution in [0.4, 0.5) is 18.0 Å². The molecule has 138 valence electrons. The van der Waals surface area contributed by atoms with Crippen LogP contribution in [0.5, 0.6) is 0 Å². The lowest BCUT2D eigenvalue weighted by Gasteiger charge is -2.24. The Kier molecular flexibility index (Phi) is 4.53. The first-order valence-corrected chi connectivity index (χ1v) is 7.59. The fourth-order valence-electron chi connectivity index (χ4n) is 2.54. The Morgan fingerprint density at radius 3 is 2.50 bits per heavy atom. The molecule has 11 heteroatoms. The molecule has 2 aromatic rings. The molecule has 7 nitrogen and oxygen atoms in total. The molecular formula is C15H11ClF3N3O4. The van der Waals surface area contributed by atoms with Crippen LogP contribution in [0.3, 0.4) is 0 Å².